The Morgan fingerprint density at radius 2 is 2.21 bits per heavy atom. The number of hydrogen-bond acceptors (Lipinski definition) is 5. The summed E-state index contributed by atoms with van der Waals surface area (Å²) in [4.78, 5) is 1.01. The molecule has 2 heterocycles. The summed E-state index contributed by atoms with van der Waals surface area (Å²) in [5, 5.41) is 3.95. The summed E-state index contributed by atoms with van der Waals surface area (Å²) in [6.07, 6.45) is 1.43. The van der Waals surface area contributed by atoms with E-state index in [1.54, 1.807) is 19.2 Å². The number of rotatable bonds is 4. The molecule has 0 aliphatic heterocycles. The van der Waals surface area contributed by atoms with Crippen LogP contribution in [0, 0.1) is 6.92 Å². The summed E-state index contributed by atoms with van der Waals surface area (Å²) < 4.78 is 28.5. The van der Waals surface area contributed by atoms with Crippen LogP contribution in [0.25, 0.3) is 0 Å². The van der Waals surface area contributed by atoms with Crippen LogP contribution >= 0.6 is 23.6 Å². The molecule has 0 aromatic carbocycles. The maximum Gasteiger partial charge on any atom is 0.272 e. The fourth-order valence-corrected chi connectivity index (χ4v) is 4.01. The second kappa shape index (κ2) is 4.91. The van der Waals surface area contributed by atoms with Crippen molar-refractivity contribution in [3.63, 3.8) is 0 Å². The molecular weight excluding hydrogens is 304 g/mol. The fraction of sp³-hybridized carbons (Fsp3) is 0.200. The molecule has 3 N–H and O–H groups in total. The number of thiophene rings is 1. The van der Waals surface area contributed by atoms with E-state index in [9.17, 15) is 8.42 Å². The van der Waals surface area contributed by atoms with Crippen LogP contribution in [0.1, 0.15) is 10.4 Å². The number of aromatic nitrogens is 2. The Balaban J connectivity index is 2.41. The van der Waals surface area contributed by atoms with Gasteiger partial charge in [0.25, 0.3) is 10.0 Å². The predicted octanol–water partition coefficient (Wildman–Crippen LogP) is 1.23. The van der Waals surface area contributed by atoms with Crippen molar-refractivity contribution in [3.8, 4) is 0 Å². The lowest BCUT2D eigenvalue weighted by Gasteiger charge is -2.08. The third kappa shape index (κ3) is 2.77. The maximum atomic E-state index is 12.2. The summed E-state index contributed by atoms with van der Waals surface area (Å²) in [6.45, 7) is 1.84. The minimum absolute atomic E-state index is 0.0909. The van der Waals surface area contributed by atoms with E-state index in [-0.39, 0.29) is 15.0 Å². The molecule has 2 rings (SSSR count). The number of hydrogen-bond donors (Lipinski definition) is 2. The van der Waals surface area contributed by atoms with Gasteiger partial charge in [-0.05, 0) is 19.1 Å². The van der Waals surface area contributed by atoms with Crippen LogP contribution in [0.15, 0.2) is 22.5 Å². The van der Waals surface area contributed by atoms with E-state index in [0.29, 0.717) is 5.56 Å². The smallest absolute Gasteiger partial charge is 0.272 e. The van der Waals surface area contributed by atoms with Gasteiger partial charge in [0.05, 0.1) is 11.8 Å². The monoisotopic (exact) mass is 316 g/mol. The molecule has 0 aliphatic carbocycles. The molecule has 0 saturated heterocycles. The molecular formula is C10H12N4O2S3. The topological polar surface area (TPSA) is 90.0 Å². The molecule has 6 nitrogen and oxygen atoms in total. The highest BCUT2D eigenvalue weighted by Crippen LogP contribution is 2.24. The van der Waals surface area contributed by atoms with Crippen LogP contribution < -0.4 is 10.5 Å². The maximum absolute atomic E-state index is 12.2. The van der Waals surface area contributed by atoms with Crippen LogP contribution in [0.3, 0.4) is 0 Å². The van der Waals surface area contributed by atoms with Crippen molar-refractivity contribution in [2.75, 3.05) is 4.72 Å². The zero-order chi connectivity index (χ0) is 14.2. The molecule has 0 fully saturated rings. The number of nitrogens with one attached hydrogen (secondary N) is 1. The van der Waals surface area contributed by atoms with Crippen molar-refractivity contribution in [2.45, 2.75) is 11.1 Å². The van der Waals surface area contributed by atoms with E-state index in [4.69, 9.17) is 18.0 Å². The molecule has 0 unspecified atom stereocenters. The molecule has 9 heteroatoms. The first-order chi connectivity index (χ1) is 8.81. The van der Waals surface area contributed by atoms with E-state index in [1.807, 2.05) is 6.92 Å². The standard InChI is InChI=1S/C10H12N4O2S3/c1-6-3-4-8(18-6)19(15,16)13-10-7(9(11)17)5-12-14(10)2/h3-5,13H,1-2H3,(H2,11,17). The van der Waals surface area contributed by atoms with E-state index >= 15 is 0 Å². The molecule has 102 valence electrons. The fourth-order valence-electron chi connectivity index (χ4n) is 1.47. The van der Waals surface area contributed by atoms with Gasteiger partial charge in [-0.15, -0.1) is 11.3 Å². The number of sulfonamides is 1. The Morgan fingerprint density at radius 3 is 2.74 bits per heavy atom. The van der Waals surface area contributed by atoms with Crippen molar-refractivity contribution in [1.82, 2.24) is 9.78 Å². The second-order valence-electron chi connectivity index (χ2n) is 3.87. The largest absolute Gasteiger partial charge is 0.389 e. The lowest BCUT2D eigenvalue weighted by molar-refractivity contribution is 0.602. The van der Waals surface area contributed by atoms with Gasteiger partial charge in [-0.2, -0.15) is 5.10 Å². The van der Waals surface area contributed by atoms with Crippen LogP contribution in [0.2, 0.25) is 0 Å². The highest BCUT2D eigenvalue weighted by atomic mass is 32.2. The predicted molar refractivity (Wildman–Crippen MR) is 79.0 cm³/mol. The first-order valence-corrected chi connectivity index (χ1v) is 7.93. The van der Waals surface area contributed by atoms with E-state index in [2.05, 4.69) is 9.82 Å². The molecule has 2 aromatic heterocycles. The first-order valence-electron chi connectivity index (χ1n) is 5.22. The van der Waals surface area contributed by atoms with Gasteiger partial charge in [0.15, 0.2) is 0 Å². The number of aryl methyl sites for hydroxylation is 2. The Labute approximate surface area is 120 Å². The third-order valence-corrected chi connectivity index (χ3v) is 5.47. The molecule has 0 atom stereocenters. The summed E-state index contributed by atoms with van der Waals surface area (Å²) >= 11 is 6.06. The van der Waals surface area contributed by atoms with Crippen LogP contribution in [0.4, 0.5) is 5.82 Å². The molecule has 0 saturated carbocycles. The lowest BCUT2D eigenvalue weighted by atomic mass is 10.3. The zero-order valence-corrected chi connectivity index (χ0v) is 12.7. The van der Waals surface area contributed by atoms with Crippen LogP contribution in [0.5, 0.6) is 0 Å². The lowest BCUT2D eigenvalue weighted by Crippen LogP contribution is -2.18. The summed E-state index contributed by atoms with van der Waals surface area (Å²) in [5.41, 5.74) is 5.93. The Kier molecular flexibility index (Phi) is 3.61. The van der Waals surface area contributed by atoms with Crippen molar-refractivity contribution < 1.29 is 8.42 Å². The van der Waals surface area contributed by atoms with Gasteiger partial charge in [-0.1, -0.05) is 12.2 Å². The van der Waals surface area contributed by atoms with Crippen molar-refractivity contribution in [1.29, 1.82) is 0 Å². The third-order valence-electron chi connectivity index (χ3n) is 2.42. The minimum atomic E-state index is -3.65. The number of anilines is 1. The van der Waals surface area contributed by atoms with Gasteiger partial charge in [0.1, 0.15) is 15.0 Å². The first kappa shape index (κ1) is 14.0. The molecule has 0 amide bonds. The van der Waals surface area contributed by atoms with Gasteiger partial charge in [0.2, 0.25) is 0 Å². The Morgan fingerprint density at radius 1 is 1.53 bits per heavy atom. The van der Waals surface area contributed by atoms with Gasteiger partial charge in [-0.25, -0.2) is 8.42 Å². The van der Waals surface area contributed by atoms with Gasteiger partial charge in [0, 0.05) is 11.9 Å². The van der Waals surface area contributed by atoms with Gasteiger partial charge < -0.3 is 5.73 Å². The molecule has 0 spiro atoms. The van der Waals surface area contributed by atoms with Crippen molar-refractivity contribution in [2.24, 2.45) is 12.8 Å². The number of thiocarbonyl (C=S) groups is 1. The molecule has 2 aromatic rings. The average Bonchev–Trinajstić information content (AvgIpc) is 2.87. The number of nitrogens with two attached hydrogens (primary N) is 1. The molecule has 0 aliphatic rings. The van der Waals surface area contributed by atoms with Crippen molar-refractivity contribution in [3.05, 3.63) is 28.8 Å². The van der Waals surface area contributed by atoms with Gasteiger partial charge in [-0.3, -0.25) is 9.40 Å². The normalized spacial score (nSPS) is 11.5. The second-order valence-corrected chi connectivity index (χ2v) is 7.50. The zero-order valence-electron chi connectivity index (χ0n) is 10.2. The SMILES string of the molecule is Cc1ccc(S(=O)(=O)Nc2c(C(N)=S)cnn2C)s1. The highest BCUT2D eigenvalue weighted by Gasteiger charge is 2.21. The van der Waals surface area contributed by atoms with Crippen LogP contribution in [-0.4, -0.2) is 23.2 Å². The summed E-state index contributed by atoms with van der Waals surface area (Å²) in [5.74, 6) is 0.263. The van der Waals surface area contributed by atoms with Crippen LogP contribution in [-0.2, 0) is 17.1 Å². The van der Waals surface area contributed by atoms with E-state index in [0.717, 1.165) is 4.88 Å². The van der Waals surface area contributed by atoms with E-state index in [1.165, 1.54) is 22.2 Å². The van der Waals surface area contributed by atoms with Crippen molar-refractivity contribution >= 4 is 44.4 Å². The minimum Gasteiger partial charge on any atom is -0.389 e. The summed E-state index contributed by atoms with van der Waals surface area (Å²) in [6, 6.07) is 3.30. The summed E-state index contributed by atoms with van der Waals surface area (Å²) in [7, 11) is -2.04. The quantitative estimate of drug-likeness (QED) is 0.828. The highest BCUT2D eigenvalue weighted by molar-refractivity contribution is 7.94. The average molecular weight is 316 g/mol. The van der Waals surface area contributed by atoms with Gasteiger partial charge >= 0.3 is 0 Å². The Bertz CT molecular complexity index is 730. The molecule has 19 heavy (non-hydrogen) atoms. The molecule has 0 radical (unpaired) electrons. The van der Waals surface area contributed by atoms with E-state index < -0.39 is 10.0 Å². The molecule has 0 bridgehead atoms. The Hall–Kier alpha value is -1.45. The number of nitrogens with zero attached hydrogens (tertiary/aromatic N) is 2.